The average molecular weight is 219 g/mol. The highest BCUT2D eigenvalue weighted by Crippen LogP contribution is 2.24. The molecule has 0 saturated heterocycles. The summed E-state index contributed by atoms with van der Waals surface area (Å²) in [4.78, 5) is 1.22. The predicted molar refractivity (Wildman–Crippen MR) is 59.4 cm³/mol. The van der Waals surface area contributed by atoms with Crippen LogP contribution in [0.1, 0.15) is 24.3 Å². The van der Waals surface area contributed by atoms with Crippen molar-refractivity contribution in [2.24, 2.45) is 5.73 Å². The third-order valence-corrected chi connectivity index (χ3v) is 3.20. The quantitative estimate of drug-likeness (QED) is 0.797. The summed E-state index contributed by atoms with van der Waals surface area (Å²) in [6.07, 6.45) is 1.12. The van der Waals surface area contributed by atoms with Gasteiger partial charge in [-0.05, 0) is 19.0 Å². The first kappa shape index (κ1) is 11.0. The molecule has 1 aromatic heterocycles. The lowest BCUT2D eigenvalue weighted by molar-refractivity contribution is 0.547. The monoisotopic (exact) mass is 218 g/mol. The third kappa shape index (κ3) is 3.27. The van der Waals surface area contributed by atoms with Gasteiger partial charge in [0.05, 0.1) is 11.1 Å². The maximum atomic E-state index is 5.84. The van der Waals surface area contributed by atoms with Crippen molar-refractivity contribution in [3.8, 4) is 0 Å². The number of hydrogen-bond acceptors (Lipinski definition) is 3. The van der Waals surface area contributed by atoms with Gasteiger partial charge < -0.3 is 11.1 Å². The molecule has 1 atom stereocenters. The maximum Gasteiger partial charge on any atom is 0.0539 e. The third-order valence-electron chi connectivity index (χ3n) is 1.81. The predicted octanol–water partition coefficient (Wildman–Crippen LogP) is 2.40. The van der Waals surface area contributed by atoms with Crippen molar-refractivity contribution in [2.45, 2.75) is 19.4 Å². The molecular weight excluding hydrogens is 204 g/mol. The fraction of sp³-hybridized carbons (Fsp3) is 0.556. The van der Waals surface area contributed by atoms with Crippen molar-refractivity contribution >= 4 is 22.9 Å². The summed E-state index contributed by atoms with van der Waals surface area (Å²) >= 11 is 7.50. The van der Waals surface area contributed by atoms with Gasteiger partial charge in [-0.3, -0.25) is 0 Å². The van der Waals surface area contributed by atoms with Gasteiger partial charge in [0.1, 0.15) is 0 Å². The Morgan fingerprint density at radius 1 is 1.69 bits per heavy atom. The van der Waals surface area contributed by atoms with E-state index in [2.05, 4.69) is 12.2 Å². The smallest absolute Gasteiger partial charge is 0.0539 e. The summed E-state index contributed by atoms with van der Waals surface area (Å²) in [6, 6.07) is 2.24. The van der Waals surface area contributed by atoms with E-state index in [1.807, 2.05) is 11.4 Å². The van der Waals surface area contributed by atoms with Crippen LogP contribution in [0.3, 0.4) is 0 Å². The Bertz CT molecular complexity index is 250. The molecule has 74 valence electrons. The molecule has 4 heteroatoms. The van der Waals surface area contributed by atoms with Gasteiger partial charge in [0.2, 0.25) is 0 Å². The van der Waals surface area contributed by atoms with E-state index in [9.17, 15) is 0 Å². The number of thiophene rings is 1. The van der Waals surface area contributed by atoms with Crippen LogP contribution in [0.4, 0.5) is 0 Å². The maximum absolute atomic E-state index is 5.84. The van der Waals surface area contributed by atoms with Gasteiger partial charge in [-0.1, -0.05) is 18.5 Å². The first-order valence-electron chi connectivity index (χ1n) is 4.45. The lowest BCUT2D eigenvalue weighted by atomic mass is 10.2. The van der Waals surface area contributed by atoms with Gasteiger partial charge in [0, 0.05) is 16.8 Å². The van der Waals surface area contributed by atoms with E-state index >= 15 is 0 Å². The molecule has 13 heavy (non-hydrogen) atoms. The molecule has 1 heterocycles. The first-order valence-corrected chi connectivity index (χ1v) is 5.71. The molecule has 0 spiro atoms. The Hall–Kier alpha value is -0.0900. The van der Waals surface area contributed by atoms with Crippen molar-refractivity contribution in [3.05, 3.63) is 21.3 Å². The van der Waals surface area contributed by atoms with Crippen LogP contribution in [0, 0.1) is 0 Å². The summed E-state index contributed by atoms with van der Waals surface area (Å²) in [5.74, 6) is 0. The minimum atomic E-state index is 0.262. The average Bonchev–Trinajstić information content (AvgIpc) is 2.54. The molecule has 0 bridgehead atoms. The minimum absolute atomic E-state index is 0.262. The van der Waals surface area contributed by atoms with Gasteiger partial charge in [0.15, 0.2) is 0 Å². The van der Waals surface area contributed by atoms with Gasteiger partial charge in [0.25, 0.3) is 0 Å². The normalized spacial score (nSPS) is 13.2. The molecular formula is C9H15ClN2S. The van der Waals surface area contributed by atoms with Crippen LogP contribution in [-0.4, -0.2) is 13.1 Å². The highest BCUT2D eigenvalue weighted by Gasteiger charge is 2.10. The Labute approximate surface area is 88.1 Å². The molecule has 1 unspecified atom stereocenters. The van der Waals surface area contributed by atoms with E-state index in [0.29, 0.717) is 6.54 Å². The zero-order valence-corrected chi connectivity index (χ0v) is 9.29. The van der Waals surface area contributed by atoms with Crippen molar-refractivity contribution in [1.82, 2.24) is 5.32 Å². The fourth-order valence-corrected chi connectivity index (χ4v) is 2.30. The Kier molecular flexibility index (Phi) is 4.73. The van der Waals surface area contributed by atoms with Crippen LogP contribution >= 0.6 is 22.9 Å². The van der Waals surface area contributed by atoms with E-state index in [4.69, 9.17) is 17.3 Å². The van der Waals surface area contributed by atoms with Crippen LogP contribution in [0.25, 0.3) is 0 Å². The van der Waals surface area contributed by atoms with E-state index in [1.54, 1.807) is 11.3 Å². The second-order valence-electron chi connectivity index (χ2n) is 2.91. The molecule has 1 aromatic rings. The molecule has 0 aromatic carbocycles. The van der Waals surface area contributed by atoms with Crippen LogP contribution in [0.5, 0.6) is 0 Å². The van der Waals surface area contributed by atoms with E-state index in [-0.39, 0.29) is 6.04 Å². The second kappa shape index (κ2) is 5.60. The van der Waals surface area contributed by atoms with Gasteiger partial charge in [-0.25, -0.2) is 0 Å². The Balaban J connectivity index is 2.56. The molecule has 0 saturated carbocycles. The van der Waals surface area contributed by atoms with Crippen molar-refractivity contribution in [2.75, 3.05) is 13.1 Å². The number of hydrogen-bond donors (Lipinski definition) is 2. The summed E-state index contributed by atoms with van der Waals surface area (Å²) in [5.41, 5.74) is 5.66. The number of rotatable bonds is 5. The van der Waals surface area contributed by atoms with E-state index in [1.165, 1.54) is 4.88 Å². The zero-order valence-electron chi connectivity index (χ0n) is 7.72. The molecule has 0 aliphatic carbocycles. The van der Waals surface area contributed by atoms with Crippen LogP contribution in [-0.2, 0) is 0 Å². The van der Waals surface area contributed by atoms with Crippen molar-refractivity contribution < 1.29 is 0 Å². The Morgan fingerprint density at radius 3 is 2.92 bits per heavy atom. The first-order chi connectivity index (χ1) is 6.27. The van der Waals surface area contributed by atoms with Crippen LogP contribution in [0.15, 0.2) is 11.4 Å². The second-order valence-corrected chi connectivity index (χ2v) is 4.29. The Morgan fingerprint density at radius 2 is 2.46 bits per heavy atom. The summed E-state index contributed by atoms with van der Waals surface area (Å²) in [5, 5.41) is 6.12. The van der Waals surface area contributed by atoms with E-state index < -0.39 is 0 Å². The lowest BCUT2D eigenvalue weighted by Gasteiger charge is -2.13. The number of halogens is 1. The zero-order chi connectivity index (χ0) is 9.68. The number of nitrogens with one attached hydrogen (secondary N) is 1. The molecule has 0 amide bonds. The molecule has 1 rings (SSSR count). The molecule has 0 fully saturated rings. The molecule has 2 nitrogen and oxygen atoms in total. The highest BCUT2D eigenvalue weighted by molar-refractivity contribution is 7.10. The van der Waals surface area contributed by atoms with E-state index in [0.717, 1.165) is 18.0 Å². The molecule has 0 aliphatic heterocycles. The van der Waals surface area contributed by atoms with Gasteiger partial charge in [-0.15, -0.1) is 11.3 Å². The summed E-state index contributed by atoms with van der Waals surface area (Å²) < 4.78 is 0. The summed E-state index contributed by atoms with van der Waals surface area (Å²) in [7, 11) is 0. The topological polar surface area (TPSA) is 38.0 Å². The molecule has 0 aliphatic rings. The molecule has 3 N–H and O–H groups in total. The van der Waals surface area contributed by atoms with Gasteiger partial charge in [-0.2, -0.15) is 0 Å². The molecule has 0 radical (unpaired) electrons. The van der Waals surface area contributed by atoms with Crippen molar-refractivity contribution in [3.63, 3.8) is 0 Å². The standard InChI is InChI=1S/C9H15ClN2S/c1-2-3-12-8(5-11)9-4-7(10)6-13-9/h4,6,8,12H,2-3,5,11H2,1H3. The van der Waals surface area contributed by atoms with Gasteiger partial charge >= 0.3 is 0 Å². The summed E-state index contributed by atoms with van der Waals surface area (Å²) in [6.45, 7) is 3.76. The lowest BCUT2D eigenvalue weighted by Crippen LogP contribution is -2.27. The van der Waals surface area contributed by atoms with Crippen molar-refractivity contribution in [1.29, 1.82) is 0 Å². The largest absolute Gasteiger partial charge is 0.329 e. The highest BCUT2D eigenvalue weighted by atomic mass is 35.5. The van der Waals surface area contributed by atoms with Crippen LogP contribution < -0.4 is 11.1 Å². The van der Waals surface area contributed by atoms with Crippen LogP contribution in [0.2, 0.25) is 5.02 Å². The number of nitrogens with two attached hydrogens (primary N) is 1. The fourth-order valence-electron chi connectivity index (χ4n) is 1.13. The minimum Gasteiger partial charge on any atom is -0.329 e. The SMILES string of the molecule is CCCNC(CN)c1cc(Cl)cs1.